The van der Waals surface area contributed by atoms with E-state index in [2.05, 4.69) is 0 Å². The van der Waals surface area contributed by atoms with E-state index in [-0.39, 0.29) is 6.10 Å². The Morgan fingerprint density at radius 3 is 2.21 bits per heavy atom. The lowest BCUT2D eigenvalue weighted by Crippen LogP contribution is -2.36. The lowest BCUT2D eigenvalue weighted by molar-refractivity contribution is -0.284. The van der Waals surface area contributed by atoms with Crippen molar-refractivity contribution in [3.63, 3.8) is 0 Å². The fraction of sp³-hybridized carbons (Fsp3) is 0.909. The number of nitrogens with zero attached hydrogens (tertiary/aromatic N) is 1. The molecule has 0 spiro atoms. The monoisotopic (exact) mass is 305 g/mol. The van der Waals surface area contributed by atoms with Crippen LogP contribution in [0.2, 0.25) is 0 Å². The summed E-state index contributed by atoms with van der Waals surface area (Å²) in [7, 11) is 0. The van der Waals surface area contributed by atoms with Crippen LogP contribution in [0.5, 0.6) is 0 Å². The first-order chi connectivity index (χ1) is 8.60. The number of thioether (sulfide) groups is 1. The maximum Gasteiger partial charge on any atom is 0.453 e. The number of ether oxygens (including phenoxy) is 1. The molecule has 0 aromatic heterocycles. The zero-order chi connectivity index (χ0) is 15.1. The van der Waals surface area contributed by atoms with Gasteiger partial charge in [-0.2, -0.15) is 27.2 Å². The zero-order valence-electron chi connectivity index (χ0n) is 10.6. The summed E-state index contributed by atoms with van der Waals surface area (Å²) < 4.78 is 66.3. The van der Waals surface area contributed by atoms with Crippen LogP contribution in [0, 0.1) is 11.3 Å². The van der Waals surface area contributed by atoms with Gasteiger partial charge in [0.15, 0.2) is 0 Å². The van der Waals surface area contributed by atoms with Crippen LogP contribution in [0.4, 0.5) is 22.0 Å². The third-order valence-corrected chi connectivity index (χ3v) is 3.28. The maximum atomic E-state index is 12.7. The summed E-state index contributed by atoms with van der Waals surface area (Å²) in [5.74, 6) is -4.36. The second-order valence-corrected chi connectivity index (χ2v) is 5.46. The number of rotatable bonds is 8. The minimum absolute atomic E-state index is 0.00991. The van der Waals surface area contributed by atoms with Gasteiger partial charge in [-0.1, -0.05) is 0 Å². The fourth-order valence-electron chi connectivity index (χ4n) is 1.11. The second-order valence-electron chi connectivity index (χ2n) is 4.15. The second kappa shape index (κ2) is 7.90. The molecule has 0 radical (unpaired) electrons. The summed E-state index contributed by atoms with van der Waals surface area (Å²) in [4.78, 5) is 0. The first kappa shape index (κ1) is 18.4. The van der Waals surface area contributed by atoms with Gasteiger partial charge in [0.05, 0.1) is 24.0 Å². The van der Waals surface area contributed by atoms with Crippen LogP contribution in [0.3, 0.4) is 0 Å². The van der Waals surface area contributed by atoms with Crippen molar-refractivity contribution in [2.75, 3.05) is 12.4 Å². The number of nitriles is 1. The first-order valence-electron chi connectivity index (χ1n) is 5.67. The predicted molar refractivity (Wildman–Crippen MR) is 63.2 cm³/mol. The summed E-state index contributed by atoms with van der Waals surface area (Å²) in [5.41, 5.74) is 0. The van der Waals surface area contributed by atoms with E-state index in [9.17, 15) is 22.0 Å². The molecule has 0 N–H and O–H groups in total. The van der Waals surface area contributed by atoms with Crippen LogP contribution >= 0.6 is 11.8 Å². The fourth-order valence-corrected chi connectivity index (χ4v) is 1.95. The van der Waals surface area contributed by atoms with E-state index in [1.54, 1.807) is 6.07 Å². The van der Waals surface area contributed by atoms with Crippen LogP contribution in [0.25, 0.3) is 0 Å². The lowest BCUT2D eigenvalue weighted by atomic mass is 10.1. The van der Waals surface area contributed by atoms with E-state index >= 15 is 0 Å². The van der Waals surface area contributed by atoms with Gasteiger partial charge in [0.2, 0.25) is 0 Å². The van der Waals surface area contributed by atoms with Gasteiger partial charge in [-0.3, -0.25) is 0 Å². The third kappa shape index (κ3) is 7.57. The standard InChI is InChI=1S/C11H16F5NOS/c1-8(2)18-5-6-19-9(7-17)3-4-10(12,13)11(14,15)16/h8-9H,3-6H2,1-2H3. The van der Waals surface area contributed by atoms with Gasteiger partial charge < -0.3 is 4.74 Å². The molecule has 0 saturated heterocycles. The molecule has 1 unspecified atom stereocenters. The summed E-state index contributed by atoms with van der Waals surface area (Å²) in [6.45, 7) is 3.96. The molecule has 0 saturated carbocycles. The van der Waals surface area contributed by atoms with E-state index in [0.29, 0.717) is 12.4 Å². The normalized spacial score (nSPS) is 14.5. The van der Waals surface area contributed by atoms with Crippen LogP contribution in [-0.2, 0) is 4.74 Å². The van der Waals surface area contributed by atoms with Crippen molar-refractivity contribution in [1.29, 1.82) is 5.26 Å². The van der Waals surface area contributed by atoms with Crippen molar-refractivity contribution < 1.29 is 26.7 Å². The Labute approximate surface area is 113 Å². The molecule has 0 bridgehead atoms. The zero-order valence-corrected chi connectivity index (χ0v) is 11.5. The third-order valence-electron chi connectivity index (χ3n) is 2.13. The van der Waals surface area contributed by atoms with Crippen LogP contribution in [0.1, 0.15) is 26.7 Å². The summed E-state index contributed by atoms with van der Waals surface area (Å²) >= 11 is 1.03. The summed E-state index contributed by atoms with van der Waals surface area (Å²) in [6.07, 6.45) is -7.42. The van der Waals surface area contributed by atoms with Gasteiger partial charge in [-0.15, -0.1) is 11.8 Å². The Hall–Kier alpha value is -0.550. The molecule has 19 heavy (non-hydrogen) atoms. The largest absolute Gasteiger partial charge is 0.453 e. The molecule has 0 amide bonds. The summed E-state index contributed by atoms with van der Waals surface area (Å²) in [6, 6.07) is 1.72. The molecule has 0 aromatic rings. The van der Waals surface area contributed by atoms with Gasteiger partial charge in [0.25, 0.3) is 0 Å². The SMILES string of the molecule is CC(C)OCCSC(C#N)CCC(F)(F)C(F)(F)F. The van der Waals surface area contributed by atoms with E-state index in [1.165, 1.54) is 0 Å². The van der Waals surface area contributed by atoms with Gasteiger partial charge in [0.1, 0.15) is 0 Å². The highest BCUT2D eigenvalue weighted by Gasteiger charge is 2.56. The molecule has 2 nitrogen and oxygen atoms in total. The molecule has 0 aliphatic rings. The van der Waals surface area contributed by atoms with Crippen molar-refractivity contribution >= 4 is 11.8 Å². The maximum absolute atomic E-state index is 12.7. The quantitative estimate of drug-likeness (QED) is 0.502. The molecular weight excluding hydrogens is 289 g/mol. The average molecular weight is 305 g/mol. The highest BCUT2D eigenvalue weighted by molar-refractivity contribution is 8.00. The topological polar surface area (TPSA) is 33.0 Å². The Balaban J connectivity index is 4.05. The lowest BCUT2D eigenvalue weighted by Gasteiger charge is -2.20. The number of alkyl halides is 5. The first-order valence-corrected chi connectivity index (χ1v) is 6.72. The van der Waals surface area contributed by atoms with Gasteiger partial charge >= 0.3 is 12.1 Å². The Morgan fingerprint density at radius 2 is 1.79 bits per heavy atom. The van der Waals surface area contributed by atoms with Crippen LogP contribution in [0.15, 0.2) is 0 Å². The molecule has 112 valence electrons. The van der Waals surface area contributed by atoms with E-state index in [1.807, 2.05) is 13.8 Å². The van der Waals surface area contributed by atoms with Crippen LogP contribution in [-0.4, -0.2) is 35.8 Å². The molecule has 1 atom stereocenters. The summed E-state index contributed by atoms with van der Waals surface area (Å²) in [5, 5.41) is 7.81. The number of hydrogen-bond donors (Lipinski definition) is 0. The highest BCUT2D eigenvalue weighted by atomic mass is 32.2. The molecule has 8 heteroatoms. The van der Waals surface area contributed by atoms with E-state index < -0.39 is 30.2 Å². The van der Waals surface area contributed by atoms with Crippen molar-refractivity contribution in [3.8, 4) is 6.07 Å². The van der Waals surface area contributed by atoms with Crippen molar-refractivity contribution in [2.24, 2.45) is 0 Å². The molecule has 0 aromatic carbocycles. The Morgan fingerprint density at radius 1 is 1.21 bits per heavy atom. The van der Waals surface area contributed by atoms with Crippen molar-refractivity contribution in [2.45, 2.75) is 50.1 Å². The Bertz CT molecular complexity index is 300. The minimum atomic E-state index is -5.56. The predicted octanol–water partition coefficient (Wildman–Crippen LogP) is 4.01. The highest BCUT2D eigenvalue weighted by Crippen LogP contribution is 2.39. The Kier molecular flexibility index (Phi) is 7.67. The number of hydrogen-bond acceptors (Lipinski definition) is 3. The molecule has 0 aliphatic heterocycles. The molecule has 0 aliphatic carbocycles. The van der Waals surface area contributed by atoms with Gasteiger partial charge in [0, 0.05) is 12.2 Å². The van der Waals surface area contributed by atoms with Gasteiger partial charge in [-0.25, -0.2) is 0 Å². The van der Waals surface area contributed by atoms with Crippen LogP contribution < -0.4 is 0 Å². The molecule has 0 rings (SSSR count). The average Bonchev–Trinajstić information content (AvgIpc) is 2.26. The molecular formula is C11H16F5NOS. The molecule has 0 fully saturated rings. The van der Waals surface area contributed by atoms with Crippen molar-refractivity contribution in [1.82, 2.24) is 0 Å². The van der Waals surface area contributed by atoms with E-state index in [0.717, 1.165) is 11.8 Å². The number of halogens is 5. The smallest absolute Gasteiger partial charge is 0.378 e. The van der Waals surface area contributed by atoms with Crippen molar-refractivity contribution in [3.05, 3.63) is 0 Å². The van der Waals surface area contributed by atoms with Gasteiger partial charge in [-0.05, 0) is 20.3 Å². The van der Waals surface area contributed by atoms with E-state index in [4.69, 9.17) is 10.00 Å². The minimum Gasteiger partial charge on any atom is -0.378 e. The molecule has 0 heterocycles.